The number of amides is 2. The summed E-state index contributed by atoms with van der Waals surface area (Å²) in [4.78, 5) is 18.5. The van der Waals surface area contributed by atoms with Crippen LogP contribution in [0.3, 0.4) is 0 Å². The van der Waals surface area contributed by atoms with Crippen molar-refractivity contribution >= 4 is 6.03 Å². The average molecular weight is 309 g/mol. The lowest BCUT2D eigenvalue weighted by Crippen LogP contribution is -2.39. The molecular weight excluding hydrogens is 286 g/mol. The zero-order chi connectivity index (χ0) is 16.1. The van der Waals surface area contributed by atoms with Gasteiger partial charge in [-0.3, -0.25) is 4.98 Å². The van der Waals surface area contributed by atoms with Crippen LogP contribution in [0.1, 0.15) is 29.2 Å². The zero-order valence-corrected chi connectivity index (χ0v) is 13.5. The molecule has 4 nitrogen and oxygen atoms in total. The van der Waals surface area contributed by atoms with Crippen LogP contribution < -0.4 is 5.32 Å². The number of carbonyl (C=O) groups is 1. The molecule has 1 atom stereocenters. The zero-order valence-electron chi connectivity index (χ0n) is 13.5. The molecule has 2 heterocycles. The van der Waals surface area contributed by atoms with Crippen molar-refractivity contribution in [1.82, 2.24) is 15.2 Å². The van der Waals surface area contributed by atoms with Gasteiger partial charge in [-0.25, -0.2) is 4.79 Å². The predicted octanol–water partition coefficient (Wildman–Crippen LogP) is 3.13. The van der Waals surface area contributed by atoms with Crippen LogP contribution in [0.4, 0.5) is 4.79 Å². The topological polar surface area (TPSA) is 45.2 Å². The second-order valence-electron chi connectivity index (χ2n) is 6.09. The minimum Gasteiger partial charge on any atom is -0.338 e. The molecule has 2 aromatic rings. The van der Waals surface area contributed by atoms with E-state index in [1.807, 2.05) is 23.1 Å². The largest absolute Gasteiger partial charge is 0.338 e. The molecule has 120 valence electrons. The Morgan fingerprint density at radius 2 is 2.09 bits per heavy atom. The van der Waals surface area contributed by atoms with E-state index in [0.717, 1.165) is 31.6 Å². The Balaban J connectivity index is 1.49. The number of carbonyl (C=O) groups excluding carboxylic acids is 1. The molecule has 1 aromatic carbocycles. The number of rotatable bonds is 4. The Labute approximate surface area is 137 Å². The normalized spacial score (nSPS) is 17.3. The van der Waals surface area contributed by atoms with E-state index in [9.17, 15) is 4.79 Å². The Morgan fingerprint density at radius 1 is 1.26 bits per heavy atom. The van der Waals surface area contributed by atoms with Crippen LogP contribution in [0.15, 0.2) is 48.7 Å². The van der Waals surface area contributed by atoms with Crippen LogP contribution in [0.5, 0.6) is 0 Å². The van der Waals surface area contributed by atoms with Gasteiger partial charge in [0, 0.05) is 43.9 Å². The standard InChI is InChI=1S/C19H23N3O/c1-15-6-2-3-8-18(15)16-10-13-22(14-16)19(23)21-12-9-17-7-4-5-11-20-17/h2-8,11,16H,9-10,12-14H2,1H3,(H,21,23)/t16-/m0/s1. The lowest BCUT2D eigenvalue weighted by Gasteiger charge is -2.18. The van der Waals surface area contributed by atoms with Crippen LogP contribution in [-0.2, 0) is 6.42 Å². The molecule has 1 aromatic heterocycles. The van der Waals surface area contributed by atoms with Gasteiger partial charge in [0.25, 0.3) is 0 Å². The smallest absolute Gasteiger partial charge is 0.317 e. The SMILES string of the molecule is Cc1ccccc1[C@H]1CCN(C(=O)NCCc2ccccn2)C1. The molecule has 4 heteroatoms. The van der Waals surface area contributed by atoms with Crippen LogP contribution in [0.2, 0.25) is 0 Å². The summed E-state index contributed by atoms with van der Waals surface area (Å²) in [5.41, 5.74) is 3.69. The van der Waals surface area contributed by atoms with Crippen molar-refractivity contribution in [3.8, 4) is 0 Å². The highest BCUT2D eigenvalue weighted by Crippen LogP contribution is 2.29. The summed E-state index contributed by atoms with van der Waals surface area (Å²) in [6.07, 6.45) is 3.59. The fourth-order valence-corrected chi connectivity index (χ4v) is 3.20. The van der Waals surface area contributed by atoms with Gasteiger partial charge >= 0.3 is 6.03 Å². The minimum atomic E-state index is 0.0389. The summed E-state index contributed by atoms with van der Waals surface area (Å²) in [5.74, 6) is 0.456. The lowest BCUT2D eigenvalue weighted by atomic mass is 9.94. The molecule has 0 aliphatic carbocycles. The number of benzene rings is 1. The maximum Gasteiger partial charge on any atom is 0.317 e. The summed E-state index contributed by atoms with van der Waals surface area (Å²) < 4.78 is 0. The van der Waals surface area contributed by atoms with Gasteiger partial charge in [-0.15, -0.1) is 0 Å². The molecule has 1 aliphatic rings. The molecule has 1 saturated heterocycles. The maximum absolute atomic E-state index is 12.3. The van der Waals surface area contributed by atoms with E-state index in [1.54, 1.807) is 6.20 Å². The number of nitrogens with zero attached hydrogens (tertiary/aromatic N) is 2. The average Bonchev–Trinajstić information content (AvgIpc) is 3.06. The Kier molecular flexibility index (Phi) is 4.91. The van der Waals surface area contributed by atoms with Crippen LogP contribution >= 0.6 is 0 Å². The molecular formula is C19H23N3O. The van der Waals surface area contributed by atoms with Gasteiger partial charge in [0.1, 0.15) is 0 Å². The molecule has 1 N–H and O–H groups in total. The molecule has 0 unspecified atom stereocenters. The van der Waals surface area contributed by atoms with Crippen molar-refractivity contribution in [2.45, 2.75) is 25.7 Å². The van der Waals surface area contributed by atoms with E-state index in [4.69, 9.17) is 0 Å². The third kappa shape index (κ3) is 3.89. The molecule has 0 spiro atoms. The molecule has 1 aliphatic heterocycles. The van der Waals surface area contributed by atoms with Crippen LogP contribution in [0, 0.1) is 6.92 Å². The highest BCUT2D eigenvalue weighted by molar-refractivity contribution is 5.74. The molecule has 1 fully saturated rings. The van der Waals surface area contributed by atoms with E-state index in [2.05, 4.69) is 41.5 Å². The maximum atomic E-state index is 12.3. The lowest BCUT2D eigenvalue weighted by molar-refractivity contribution is 0.208. The first-order valence-electron chi connectivity index (χ1n) is 8.22. The predicted molar refractivity (Wildman–Crippen MR) is 91.4 cm³/mol. The second kappa shape index (κ2) is 7.27. The van der Waals surface area contributed by atoms with Gasteiger partial charge < -0.3 is 10.2 Å². The summed E-state index contributed by atoms with van der Waals surface area (Å²) in [7, 11) is 0. The van der Waals surface area contributed by atoms with E-state index in [0.29, 0.717) is 12.5 Å². The quantitative estimate of drug-likeness (QED) is 0.943. The number of pyridine rings is 1. The van der Waals surface area contributed by atoms with Gasteiger partial charge in [-0.1, -0.05) is 30.3 Å². The molecule has 0 radical (unpaired) electrons. The number of hydrogen-bond donors (Lipinski definition) is 1. The van der Waals surface area contributed by atoms with Gasteiger partial charge in [-0.05, 0) is 36.6 Å². The summed E-state index contributed by atoms with van der Waals surface area (Å²) in [6, 6.07) is 14.4. The van der Waals surface area contributed by atoms with Crippen LogP contribution in [0.25, 0.3) is 0 Å². The van der Waals surface area contributed by atoms with Gasteiger partial charge in [0.05, 0.1) is 0 Å². The number of aromatic nitrogens is 1. The highest BCUT2D eigenvalue weighted by Gasteiger charge is 2.27. The fourth-order valence-electron chi connectivity index (χ4n) is 3.20. The minimum absolute atomic E-state index is 0.0389. The van der Waals surface area contributed by atoms with Crippen molar-refractivity contribution in [3.63, 3.8) is 0 Å². The fraction of sp³-hybridized carbons (Fsp3) is 0.368. The Hall–Kier alpha value is -2.36. The van der Waals surface area contributed by atoms with Crippen molar-refractivity contribution in [3.05, 3.63) is 65.5 Å². The molecule has 3 rings (SSSR count). The van der Waals surface area contributed by atoms with Crippen molar-refractivity contribution in [2.75, 3.05) is 19.6 Å². The third-order valence-corrected chi connectivity index (χ3v) is 4.49. The van der Waals surface area contributed by atoms with Gasteiger partial charge in [0.15, 0.2) is 0 Å². The molecule has 2 amide bonds. The van der Waals surface area contributed by atoms with E-state index in [-0.39, 0.29) is 6.03 Å². The second-order valence-corrected chi connectivity index (χ2v) is 6.09. The number of nitrogens with one attached hydrogen (secondary N) is 1. The number of hydrogen-bond acceptors (Lipinski definition) is 2. The Bertz CT molecular complexity index is 657. The van der Waals surface area contributed by atoms with Crippen molar-refractivity contribution in [2.24, 2.45) is 0 Å². The van der Waals surface area contributed by atoms with E-state index < -0.39 is 0 Å². The molecule has 0 bridgehead atoms. The molecule has 23 heavy (non-hydrogen) atoms. The molecule has 0 saturated carbocycles. The number of likely N-dealkylation sites (tertiary alicyclic amines) is 1. The monoisotopic (exact) mass is 309 g/mol. The first kappa shape index (κ1) is 15.5. The van der Waals surface area contributed by atoms with E-state index >= 15 is 0 Å². The summed E-state index contributed by atoms with van der Waals surface area (Å²) in [5, 5.41) is 3.01. The van der Waals surface area contributed by atoms with E-state index in [1.165, 1.54) is 11.1 Å². The number of aryl methyl sites for hydroxylation is 1. The number of urea groups is 1. The third-order valence-electron chi connectivity index (χ3n) is 4.49. The van der Waals surface area contributed by atoms with Gasteiger partial charge in [0.2, 0.25) is 0 Å². The first-order chi connectivity index (χ1) is 11.2. The first-order valence-corrected chi connectivity index (χ1v) is 8.22. The summed E-state index contributed by atoms with van der Waals surface area (Å²) >= 11 is 0. The van der Waals surface area contributed by atoms with Crippen molar-refractivity contribution in [1.29, 1.82) is 0 Å². The summed E-state index contributed by atoms with van der Waals surface area (Å²) in [6.45, 7) is 4.40. The van der Waals surface area contributed by atoms with Crippen molar-refractivity contribution < 1.29 is 4.79 Å². The Morgan fingerprint density at radius 3 is 2.87 bits per heavy atom. The van der Waals surface area contributed by atoms with Gasteiger partial charge in [-0.2, -0.15) is 0 Å². The highest BCUT2D eigenvalue weighted by atomic mass is 16.2. The van der Waals surface area contributed by atoms with Crippen LogP contribution in [-0.4, -0.2) is 35.5 Å².